The highest BCUT2D eigenvalue weighted by Crippen LogP contribution is 2.15. The first-order valence-corrected chi connectivity index (χ1v) is 4.97. The Kier molecular flexibility index (Phi) is 5.86. The third-order valence-corrected chi connectivity index (χ3v) is 1.92. The molecule has 0 spiro atoms. The molecule has 0 aromatic carbocycles. The highest BCUT2D eigenvalue weighted by atomic mass is 16.1. The van der Waals surface area contributed by atoms with Crippen LogP contribution < -0.4 is 0 Å². The average Bonchev–Trinajstić information content (AvgIpc) is 2.01. The lowest BCUT2D eigenvalue weighted by Crippen LogP contribution is -1.92. The van der Waals surface area contributed by atoms with Crippen LogP contribution in [0.3, 0.4) is 0 Å². The molecule has 0 radical (unpaired) electrons. The summed E-state index contributed by atoms with van der Waals surface area (Å²) in [7, 11) is 0. The van der Waals surface area contributed by atoms with Crippen molar-refractivity contribution in [3.05, 3.63) is 35.5 Å². The van der Waals surface area contributed by atoms with Crippen molar-refractivity contribution in [3.8, 4) is 0 Å². The van der Waals surface area contributed by atoms with Gasteiger partial charge in [0.25, 0.3) is 0 Å². The van der Waals surface area contributed by atoms with Crippen LogP contribution in [0, 0.1) is 5.92 Å². The Balaban J connectivity index is 4.49. The Bertz CT molecular complexity index is 274. The van der Waals surface area contributed by atoms with E-state index in [4.69, 9.17) is 0 Å². The second-order valence-electron chi connectivity index (χ2n) is 3.94. The molecular weight excluding hydrogens is 172 g/mol. The van der Waals surface area contributed by atoms with Gasteiger partial charge in [0.05, 0.1) is 0 Å². The number of ketones is 1. The number of allylic oxidation sites excluding steroid dienone is 6. The summed E-state index contributed by atoms with van der Waals surface area (Å²) in [5.41, 5.74) is 2.66. The molecule has 78 valence electrons. The number of carbonyl (C=O) groups is 1. The molecule has 0 amide bonds. The standard InChI is InChI=1S/C13H20O/c1-10(2)13(11(3)4)9-7-6-8-12(5)14/h6-10H,1-5H3/b8-6+,9-7+. The molecule has 14 heavy (non-hydrogen) atoms. The first-order valence-electron chi connectivity index (χ1n) is 4.97. The van der Waals surface area contributed by atoms with Gasteiger partial charge < -0.3 is 0 Å². The summed E-state index contributed by atoms with van der Waals surface area (Å²) in [5.74, 6) is 0.611. The third-order valence-electron chi connectivity index (χ3n) is 1.92. The fraction of sp³-hybridized carbons (Fsp3) is 0.462. The van der Waals surface area contributed by atoms with E-state index < -0.39 is 0 Å². The van der Waals surface area contributed by atoms with E-state index in [9.17, 15) is 4.79 Å². The molecule has 0 heterocycles. The van der Waals surface area contributed by atoms with Crippen LogP contribution in [0.5, 0.6) is 0 Å². The Morgan fingerprint density at radius 1 is 1.00 bits per heavy atom. The van der Waals surface area contributed by atoms with Crippen LogP contribution in [0.25, 0.3) is 0 Å². The van der Waals surface area contributed by atoms with Crippen molar-refractivity contribution in [1.29, 1.82) is 0 Å². The maximum Gasteiger partial charge on any atom is 0.152 e. The minimum atomic E-state index is 0.0814. The van der Waals surface area contributed by atoms with Crippen LogP contribution in [0.2, 0.25) is 0 Å². The van der Waals surface area contributed by atoms with Gasteiger partial charge in [-0.15, -0.1) is 0 Å². The first-order chi connectivity index (χ1) is 6.45. The maximum absolute atomic E-state index is 10.6. The topological polar surface area (TPSA) is 17.1 Å². The average molecular weight is 192 g/mol. The summed E-state index contributed by atoms with van der Waals surface area (Å²) in [6.45, 7) is 10.1. The van der Waals surface area contributed by atoms with Crippen molar-refractivity contribution in [3.63, 3.8) is 0 Å². The molecule has 1 nitrogen and oxygen atoms in total. The molecule has 0 N–H and O–H groups in total. The van der Waals surface area contributed by atoms with Crippen molar-refractivity contribution in [2.75, 3.05) is 0 Å². The van der Waals surface area contributed by atoms with Crippen LogP contribution in [0.1, 0.15) is 34.6 Å². The molecule has 0 aromatic rings. The summed E-state index contributed by atoms with van der Waals surface area (Å²) in [5, 5.41) is 0. The van der Waals surface area contributed by atoms with Gasteiger partial charge in [0, 0.05) is 0 Å². The minimum absolute atomic E-state index is 0.0814. The molecule has 0 saturated heterocycles. The molecule has 0 aliphatic rings. The predicted octanol–water partition coefficient (Wildman–Crippen LogP) is 3.68. The normalized spacial score (nSPS) is 11.6. The molecule has 0 saturated carbocycles. The van der Waals surface area contributed by atoms with Crippen LogP contribution >= 0.6 is 0 Å². The van der Waals surface area contributed by atoms with E-state index in [1.54, 1.807) is 19.1 Å². The SMILES string of the molecule is CC(=O)/C=C/C=C/C(=C(C)C)C(C)C. The second kappa shape index (κ2) is 6.36. The largest absolute Gasteiger partial charge is 0.295 e. The number of rotatable bonds is 4. The van der Waals surface area contributed by atoms with Crippen molar-refractivity contribution in [1.82, 2.24) is 0 Å². The van der Waals surface area contributed by atoms with E-state index >= 15 is 0 Å². The van der Waals surface area contributed by atoms with E-state index in [1.165, 1.54) is 11.1 Å². The summed E-state index contributed by atoms with van der Waals surface area (Å²) < 4.78 is 0. The van der Waals surface area contributed by atoms with Crippen molar-refractivity contribution >= 4 is 5.78 Å². The first kappa shape index (κ1) is 12.9. The van der Waals surface area contributed by atoms with E-state index in [0.29, 0.717) is 5.92 Å². The quantitative estimate of drug-likeness (QED) is 0.490. The summed E-state index contributed by atoms with van der Waals surface area (Å²) in [4.78, 5) is 10.6. The van der Waals surface area contributed by atoms with E-state index in [0.717, 1.165) is 0 Å². The van der Waals surface area contributed by atoms with Gasteiger partial charge in [-0.05, 0) is 38.3 Å². The van der Waals surface area contributed by atoms with Crippen molar-refractivity contribution < 1.29 is 4.79 Å². The van der Waals surface area contributed by atoms with Crippen LogP contribution in [0.4, 0.5) is 0 Å². The van der Waals surface area contributed by atoms with Crippen molar-refractivity contribution in [2.45, 2.75) is 34.6 Å². The fourth-order valence-electron chi connectivity index (χ4n) is 1.29. The molecule has 0 aliphatic carbocycles. The zero-order valence-electron chi connectivity index (χ0n) is 9.79. The van der Waals surface area contributed by atoms with Crippen molar-refractivity contribution in [2.24, 2.45) is 5.92 Å². The Morgan fingerprint density at radius 2 is 1.50 bits per heavy atom. The van der Waals surface area contributed by atoms with Gasteiger partial charge in [-0.2, -0.15) is 0 Å². The molecule has 0 atom stereocenters. The summed E-state index contributed by atoms with van der Waals surface area (Å²) in [6.07, 6.45) is 7.34. The Hall–Kier alpha value is -1.11. The molecule has 0 fully saturated rings. The Morgan fingerprint density at radius 3 is 1.86 bits per heavy atom. The van der Waals surface area contributed by atoms with Gasteiger partial charge >= 0.3 is 0 Å². The number of carbonyl (C=O) groups excluding carboxylic acids is 1. The predicted molar refractivity (Wildman–Crippen MR) is 62.2 cm³/mol. The molecule has 0 aliphatic heterocycles. The second-order valence-corrected chi connectivity index (χ2v) is 3.94. The smallest absolute Gasteiger partial charge is 0.152 e. The minimum Gasteiger partial charge on any atom is -0.295 e. The molecule has 0 unspecified atom stereocenters. The van der Waals surface area contributed by atoms with Gasteiger partial charge in [0.15, 0.2) is 5.78 Å². The summed E-state index contributed by atoms with van der Waals surface area (Å²) in [6, 6.07) is 0. The fourth-order valence-corrected chi connectivity index (χ4v) is 1.29. The van der Waals surface area contributed by atoms with Crippen LogP contribution in [-0.4, -0.2) is 5.78 Å². The highest BCUT2D eigenvalue weighted by Gasteiger charge is 1.99. The zero-order valence-corrected chi connectivity index (χ0v) is 9.79. The Labute approximate surface area is 87.2 Å². The summed E-state index contributed by atoms with van der Waals surface area (Å²) >= 11 is 0. The monoisotopic (exact) mass is 192 g/mol. The van der Waals surface area contributed by atoms with Gasteiger partial charge in [-0.25, -0.2) is 0 Å². The lowest BCUT2D eigenvalue weighted by Gasteiger charge is -2.08. The lowest BCUT2D eigenvalue weighted by atomic mass is 9.98. The molecule has 1 heteroatoms. The van der Waals surface area contributed by atoms with E-state index in [1.807, 2.05) is 6.08 Å². The number of hydrogen-bond donors (Lipinski definition) is 0. The molecule has 0 rings (SSSR count). The van der Waals surface area contributed by atoms with Crippen LogP contribution in [-0.2, 0) is 4.79 Å². The van der Waals surface area contributed by atoms with Gasteiger partial charge in [-0.3, -0.25) is 4.79 Å². The van der Waals surface area contributed by atoms with Gasteiger partial charge in [-0.1, -0.05) is 37.6 Å². The van der Waals surface area contributed by atoms with E-state index in [-0.39, 0.29) is 5.78 Å². The zero-order chi connectivity index (χ0) is 11.1. The number of hydrogen-bond acceptors (Lipinski definition) is 1. The van der Waals surface area contributed by atoms with Gasteiger partial charge in [0.2, 0.25) is 0 Å². The molecular formula is C13H20O. The maximum atomic E-state index is 10.6. The lowest BCUT2D eigenvalue weighted by molar-refractivity contribution is -0.112. The molecule has 0 bridgehead atoms. The van der Waals surface area contributed by atoms with Crippen LogP contribution in [0.15, 0.2) is 35.5 Å². The van der Waals surface area contributed by atoms with E-state index in [2.05, 4.69) is 33.8 Å². The highest BCUT2D eigenvalue weighted by molar-refractivity contribution is 5.87. The van der Waals surface area contributed by atoms with Gasteiger partial charge in [0.1, 0.15) is 0 Å². The third kappa shape index (κ3) is 5.52. The molecule has 0 aromatic heterocycles.